The van der Waals surface area contributed by atoms with Crippen molar-refractivity contribution in [1.29, 1.82) is 0 Å². The number of carbonyl (C=O) groups is 1. The maximum atomic E-state index is 13.5. The summed E-state index contributed by atoms with van der Waals surface area (Å²) in [4.78, 5) is 13.4. The standard InChI is InChI=1S/C24H23ClN2O3S/c1-16-7-12-22(17(2)13-16)26-24(28)23-14-18-5-3-4-6-19(18)15-27(23)31(29,30)21-10-8-20(25)9-11-21/h3-13,23H,14-15H2,1-2H3,(H,26,28)/t23-/m1/s1. The molecule has 1 N–H and O–H groups in total. The average Bonchev–Trinajstić information content (AvgIpc) is 2.75. The summed E-state index contributed by atoms with van der Waals surface area (Å²) < 4.78 is 28.3. The molecule has 4 rings (SSSR count). The molecular formula is C24H23ClN2O3S. The molecule has 1 amide bonds. The first kappa shape index (κ1) is 21.6. The second-order valence-electron chi connectivity index (χ2n) is 7.80. The number of benzene rings is 3. The molecule has 0 fully saturated rings. The van der Waals surface area contributed by atoms with Crippen molar-refractivity contribution >= 4 is 33.2 Å². The second-order valence-corrected chi connectivity index (χ2v) is 10.1. The Hall–Kier alpha value is -2.67. The molecule has 160 valence electrons. The van der Waals surface area contributed by atoms with Gasteiger partial charge in [-0.15, -0.1) is 0 Å². The molecule has 0 unspecified atom stereocenters. The van der Waals surface area contributed by atoms with Crippen LogP contribution in [0.2, 0.25) is 5.02 Å². The van der Waals surface area contributed by atoms with Gasteiger partial charge in [-0.1, -0.05) is 53.6 Å². The molecular weight excluding hydrogens is 432 g/mol. The highest BCUT2D eigenvalue weighted by Gasteiger charge is 2.39. The van der Waals surface area contributed by atoms with Crippen LogP contribution in [0, 0.1) is 13.8 Å². The third kappa shape index (κ3) is 4.37. The largest absolute Gasteiger partial charge is 0.324 e. The van der Waals surface area contributed by atoms with E-state index in [2.05, 4.69) is 5.32 Å². The van der Waals surface area contributed by atoms with Crippen LogP contribution >= 0.6 is 11.6 Å². The second kappa shape index (κ2) is 8.46. The van der Waals surface area contributed by atoms with E-state index in [0.29, 0.717) is 17.1 Å². The Labute approximate surface area is 187 Å². The number of hydrogen-bond acceptors (Lipinski definition) is 3. The van der Waals surface area contributed by atoms with Gasteiger partial charge in [0.1, 0.15) is 6.04 Å². The zero-order chi connectivity index (χ0) is 22.2. The van der Waals surface area contributed by atoms with Crippen molar-refractivity contribution in [3.8, 4) is 0 Å². The average molecular weight is 455 g/mol. The summed E-state index contributed by atoms with van der Waals surface area (Å²) in [5.74, 6) is -0.348. The lowest BCUT2D eigenvalue weighted by Crippen LogP contribution is -2.50. The number of carbonyl (C=O) groups excluding carboxylic acids is 1. The minimum Gasteiger partial charge on any atom is -0.324 e. The molecule has 1 aliphatic heterocycles. The number of fused-ring (bicyclic) bond motifs is 1. The molecule has 1 atom stereocenters. The fourth-order valence-corrected chi connectivity index (χ4v) is 5.58. The first-order chi connectivity index (χ1) is 14.8. The van der Waals surface area contributed by atoms with E-state index >= 15 is 0 Å². The fourth-order valence-electron chi connectivity index (χ4n) is 3.89. The van der Waals surface area contributed by atoms with Crippen molar-refractivity contribution in [2.24, 2.45) is 0 Å². The molecule has 1 heterocycles. The number of halogens is 1. The van der Waals surface area contributed by atoms with Crippen LogP contribution in [0.3, 0.4) is 0 Å². The lowest BCUT2D eigenvalue weighted by atomic mass is 9.95. The first-order valence-electron chi connectivity index (χ1n) is 9.98. The molecule has 0 radical (unpaired) electrons. The van der Waals surface area contributed by atoms with Gasteiger partial charge >= 0.3 is 0 Å². The Kier molecular flexibility index (Phi) is 5.88. The summed E-state index contributed by atoms with van der Waals surface area (Å²) in [6.07, 6.45) is 0.305. The van der Waals surface area contributed by atoms with Crippen LogP contribution in [0.15, 0.2) is 71.6 Å². The van der Waals surface area contributed by atoms with E-state index in [0.717, 1.165) is 22.3 Å². The van der Waals surface area contributed by atoms with Crippen molar-refractivity contribution in [3.63, 3.8) is 0 Å². The van der Waals surface area contributed by atoms with Gasteiger partial charge in [-0.2, -0.15) is 4.31 Å². The highest BCUT2D eigenvalue weighted by molar-refractivity contribution is 7.89. The number of amides is 1. The molecule has 5 nitrogen and oxygen atoms in total. The Balaban J connectivity index is 1.72. The number of anilines is 1. The summed E-state index contributed by atoms with van der Waals surface area (Å²) in [6, 6.07) is 18.5. The van der Waals surface area contributed by atoms with E-state index < -0.39 is 16.1 Å². The highest BCUT2D eigenvalue weighted by atomic mass is 35.5. The predicted molar refractivity (Wildman–Crippen MR) is 123 cm³/mol. The van der Waals surface area contributed by atoms with E-state index in [1.54, 1.807) is 0 Å². The molecule has 31 heavy (non-hydrogen) atoms. The number of rotatable bonds is 4. The van der Waals surface area contributed by atoms with Crippen molar-refractivity contribution in [2.45, 2.75) is 37.8 Å². The number of aryl methyl sites for hydroxylation is 2. The van der Waals surface area contributed by atoms with Gasteiger partial charge in [-0.05, 0) is 67.3 Å². The Bertz CT molecular complexity index is 1240. The van der Waals surface area contributed by atoms with Crippen LogP contribution < -0.4 is 5.32 Å². The lowest BCUT2D eigenvalue weighted by Gasteiger charge is -2.35. The summed E-state index contributed by atoms with van der Waals surface area (Å²) in [6.45, 7) is 4.03. The summed E-state index contributed by atoms with van der Waals surface area (Å²) in [5, 5.41) is 3.39. The minimum atomic E-state index is -3.91. The zero-order valence-corrected chi connectivity index (χ0v) is 18.9. The van der Waals surface area contributed by atoms with Gasteiger partial charge in [0.2, 0.25) is 15.9 Å². The molecule has 0 saturated carbocycles. The highest BCUT2D eigenvalue weighted by Crippen LogP contribution is 2.30. The smallest absolute Gasteiger partial charge is 0.244 e. The van der Waals surface area contributed by atoms with Crippen molar-refractivity contribution in [2.75, 3.05) is 5.32 Å². The predicted octanol–water partition coefficient (Wildman–Crippen LogP) is 4.71. The van der Waals surface area contributed by atoms with Crippen LogP contribution in [0.25, 0.3) is 0 Å². The van der Waals surface area contributed by atoms with Crippen molar-refractivity contribution < 1.29 is 13.2 Å². The van der Waals surface area contributed by atoms with Gasteiger partial charge in [-0.25, -0.2) is 8.42 Å². The van der Waals surface area contributed by atoms with Gasteiger partial charge in [0.25, 0.3) is 0 Å². The molecule has 3 aromatic carbocycles. The maximum Gasteiger partial charge on any atom is 0.244 e. The topological polar surface area (TPSA) is 66.5 Å². The van der Waals surface area contributed by atoms with Crippen LogP contribution in [0.5, 0.6) is 0 Å². The van der Waals surface area contributed by atoms with Crippen molar-refractivity contribution in [1.82, 2.24) is 4.31 Å². The van der Waals surface area contributed by atoms with E-state index in [4.69, 9.17) is 11.6 Å². The minimum absolute atomic E-state index is 0.112. The Morgan fingerprint density at radius 3 is 2.35 bits per heavy atom. The van der Waals surface area contributed by atoms with E-state index in [-0.39, 0.29) is 17.3 Å². The third-order valence-corrected chi connectivity index (χ3v) is 7.69. The fraction of sp³-hybridized carbons (Fsp3) is 0.208. The Morgan fingerprint density at radius 1 is 1.00 bits per heavy atom. The van der Waals surface area contributed by atoms with E-state index in [1.807, 2.05) is 56.3 Å². The van der Waals surface area contributed by atoms with Gasteiger partial charge in [0.05, 0.1) is 4.90 Å². The summed E-state index contributed by atoms with van der Waals surface area (Å²) in [5.41, 5.74) is 4.57. The van der Waals surface area contributed by atoms with Crippen LogP contribution in [0.1, 0.15) is 22.3 Å². The normalized spacial score (nSPS) is 16.5. The van der Waals surface area contributed by atoms with Gasteiger partial charge in [0.15, 0.2) is 0 Å². The molecule has 0 bridgehead atoms. The SMILES string of the molecule is Cc1ccc(NC(=O)[C@H]2Cc3ccccc3CN2S(=O)(=O)c2ccc(Cl)cc2)c(C)c1. The van der Waals surface area contributed by atoms with Crippen LogP contribution in [-0.4, -0.2) is 24.7 Å². The molecule has 0 aliphatic carbocycles. The summed E-state index contributed by atoms with van der Waals surface area (Å²) >= 11 is 5.94. The molecule has 3 aromatic rings. The lowest BCUT2D eigenvalue weighted by molar-refractivity contribution is -0.120. The number of hydrogen-bond donors (Lipinski definition) is 1. The van der Waals surface area contributed by atoms with Gasteiger partial charge < -0.3 is 5.32 Å². The zero-order valence-electron chi connectivity index (χ0n) is 17.3. The van der Waals surface area contributed by atoms with Crippen molar-refractivity contribution in [3.05, 3.63) is 94.0 Å². The first-order valence-corrected chi connectivity index (χ1v) is 11.8. The van der Waals surface area contributed by atoms with E-state index in [1.165, 1.54) is 28.6 Å². The van der Waals surface area contributed by atoms with Gasteiger partial charge in [-0.3, -0.25) is 4.79 Å². The monoisotopic (exact) mass is 454 g/mol. The van der Waals surface area contributed by atoms with Crippen LogP contribution in [0.4, 0.5) is 5.69 Å². The Morgan fingerprint density at radius 2 is 1.68 bits per heavy atom. The quantitative estimate of drug-likeness (QED) is 0.620. The molecule has 7 heteroatoms. The van der Waals surface area contributed by atoms with Crippen LogP contribution in [-0.2, 0) is 27.8 Å². The third-order valence-electron chi connectivity index (χ3n) is 5.57. The molecule has 0 spiro atoms. The van der Waals surface area contributed by atoms with E-state index in [9.17, 15) is 13.2 Å². The molecule has 1 aliphatic rings. The maximum absolute atomic E-state index is 13.5. The number of nitrogens with one attached hydrogen (secondary N) is 1. The summed E-state index contributed by atoms with van der Waals surface area (Å²) in [7, 11) is -3.91. The number of nitrogens with zero attached hydrogens (tertiary/aromatic N) is 1. The molecule has 0 saturated heterocycles. The number of sulfonamides is 1. The molecule has 0 aromatic heterocycles. The van der Waals surface area contributed by atoms with Gasteiger partial charge in [0, 0.05) is 17.3 Å².